The number of nitrogens with zero attached hydrogens (tertiary/aromatic N) is 5. The second-order valence-electron chi connectivity index (χ2n) is 6.31. The van der Waals surface area contributed by atoms with Crippen LogP contribution in [0.25, 0.3) is 5.69 Å². The molecule has 134 valence electrons. The van der Waals surface area contributed by atoms with Gasteiger partial charge >= 0.3 is 0 Å². The molecule has 8 nitrogen and oxygen atoms in total. The van der Waals surface area contributed by atoms with Crippen molar-refractivity contribution in [2.75, 3.05) is 6.54 Å². The molecule has 2 aromatic heterocycles. The van der Waals surface area contributed by atoms with Gasteiger partial charge in [0.2, 0.25) is 5.91 Å². The van der Waals surface area contributed by atoms with E-state index in [1.165, 1.54) is 12.0 Å². The number of carbonyl (C=O) groups is 1. The van der Waals surface area contributed by atoms with Crippen LogP contribution in [-0.2, 0) is 30.8 Å². The highest BCUT2D eigenvalue weighted by Crippen LogP contribution is 2.10. The lowest BCUT2D eigenvalue weighted by atomic mass is 10.2. The van der Waals surface area contributed by atoms with Gasteiger partial charge in [-0.15, -0.1) is 0 Å². The standard InChI is InChI=1S/C18H21N7O/c26-18(6-3-15-9-17-11-19-7-8-24(17)23-15)21-10-14-1-4-16(5-2-14)25-13-20-12-22-25/h1-2,4-5,9,12-13,19H,3,6-8,10-11H2,(H,21,26). The molecule has 3 aromatic rings. The van der Waals surface area contributed by atoms with Gasteiger partial charge in [-0.25, -0.2) is 9.67 Å². The largest absolute Gasteiger partial charge is 0.352 e. The molecule has 1 amide bonds. The fraction of sp³-hybridized carbons (Fsp3) is 0.333. The molecule has 1 aliphatic rings. The molecule has 4 rings (SSSR count). The van der Waals surface area contributed by atoms with E-state index in [0.717, 1.165) is 36.6 Å². The van der Waals surface area contributed by atoms with Gasteiger partial charge in [-0.2, -0.15) is 10.2 Å². The Morgan fingerprint density at radius 1 is 1.27 bits per heavy atom. The number of nitrogens with one attached hydrogen (secondary N) is 2. The Bertz CT molecular complexity index is 844. The number of fused-ring (bicyclic) bond motifs is 1. The molecule has 0 fully saturated rings. The van der Waals surface area contributed by atoms with Gasteiger partial charge in [0, 0.05) is 32.5 Å². The first-order valence-corrected chi connectivity index (χ1v) is 8.75. The predicted octanol–water partition coefficient (Wildman–Crippen LogP) is 0.816. The Labute approximate surface area is 151 Å². The smallest absolute Gasteiger partial charge is 0.220 e. The van der Waals surface area contributed by atoms with Gasteiger partial charge in [0.15, 0.2) is 0 Å². The van der Waals surface area contributed by atoms with Crippen molar-refractivity contribution in [2.45, 2.75) is 32.5 Å². The van der Waals surface area contributed by atoms with E-state index in [2.05, 4.69) is 31.9 Å². The highest BCUT2D eigenvalue weighted by molar-refractivity contribution is 5.76. The summed E-state index contributed by atoms with van der Waals surface area (Å²) in [7, 11) is 0. The second kappa shape index (κ2) is 7.49. The summed E-state index contributed by atoms with van der Waals surface area (Å²) in [5.74, 6) is 0.0365. The molecule has 0 unspecified atom stereocenters. The number of amides is 1. The Balaban J connectivity index is 1.25. The summed E-state index contributed by atoms with van der Waals surface area (Å²) in [6.45, 7) is 3.21. The quantitative estimate of drug-likeness (QED) is 0.686. The topological polar surface area (TPSA) is 89.7 Å². The lowest BCUT2D eigenvalue weighted by Gasteiger charge is -2.13. The Kier molecular flexibility index (Phi) is 4.74. The third kappa shape index (κ3) is 3.80. The van der Waals surface area contributed by atoms with Crippen LogP contribution in [0.3, 0.4) is 0 Å². The number of hydrogen-bond donors (Lipinski definition) is 2. The highest BCUT2D eigenvalue weighted by Gasteiger charge is 2.12. The number of aromatic nitrogens is 5. The van der Waals surface area contributed by atoms with E-state index in [0.29, 0.717) is 19.4 Å². The SMILES string of the molecule is O=C(CCc1cc2n(n1)CCNC2)NCc1ccc(-n2cncn2)cc1. The predicted molar refractivity (Wildman–Crippen MR) is 95.5 cm³/mol. The zero-order valence-electron chi connectivity index (χ0n) is 14.4. The van der Waals surface area contributed by atoms with E-state index in [9.17, 15) is 4.79 Å². The maximum Gasteiger partial charge on any atom is 0.220 e. The van der Waals surface area contributed by atoms with E-state index < -0.39 is 0 Å². The molecule has 8 heteroatoms. The fourth-order valence-electron chi connectivity index (χ4n) is 3.01. The van der Waals surface area contributed by atoms with Crippen LogP contribution in [-0.4, -0.2) is 37.0 Å². The molecule has 0 saturated heterocycles. The van der Waals surface area contributed by atoms with Gasteiger partial charge in [-0.05, 0) is 23.8 Å². The molecule has 1 aromatic carbocycles. The molecule has 0 radical (unpaired) electrons. The lowest BCUT2D eigenvalue weighted by molar-refractivity contribution is -0.121. The van der Waals surface area contributed by atoms with Gasteiger partial charge < -0.3 is 10.6 Å². The van der Waals surface area contributed by atoms with Crippen LogP contribution in [0.1, 0.15) is 23.4 Å². The normalized spacial score (nSPS) is 13.4. The van der Waals surface area contributed by atoms with Crippen molar-refractivity contribution >= 4 is 5.91 Å². The molecular formula is C18H21N7O. The number of hydrogen-bond acceptors (Lipinski definition) is 5. The second-order valence-corrected chi connectivity index (χ2v) is 6.31. The monoisotopic (exact) mass is 351 g/mol. The van der Waals surface area contributed by atoms with Crippen LogP contribution in [0.2, 0.25) is 0 Å². The van der Waals surface area contributed by atoms with E-state index >= 15 is 0 Å². The Morgan fingerprint density at radius 3 is 2.92 bits per heavy atom. The highest BCUT2D eigenvalue weighted by atomic mass is 16.1. The minimum Gasteiger partial charge on any atom is -0.352 e. The van der Waals surface area contributed by atoms with Gasteiger partial charge in [0.1, 0.15) is 12.7 Å². The van der Waals surface area contributed by atoms with Crippen LogP contribution in [0, 0.1) is 0 Å². The van der Waals surface area contributed by atoms with Crippen LogP contribution in [0.15, 0.2) is 43.0 Å². The van der Waals surface area contributed by atoms with Crippen molar-refractivity contribution in [3.05, 3.63) is 59.9 Å². The van der Waals surface area contributed by atoms with Crippen molar-refractivity contribution in [2.24, 2.45) is 0 Å². The van der Waals surface area contributed by atoms with E-state index in [-0.39, 0.29) is 5.91 Å². The summed E-state index contributed by atoms with van der Waals surface area (Å²) in [6, 6.07) is 9.96. The van der Waals surface area contributed by atoms with Gasteiger partial charge in [-0.3, -0.25) is 9.48 Å². The maximum atomic E-state index is 12.1. The summed E-state index contributed by atoms with van der Waals surface area (Å²) in [4.78, 5) is 16.0. The van der Waals surface area contributed by atoms with Crippen LogP contribution >= 0.6 is 0 Å². The van der Waals surface area contributed by atoms with Crippen molar-refractivity contribution in [3.63, 3.8) is 0 Å². The van der Waals surface area contributed by atoms with Gasteiger partial charge in [0.05, 0.1) is 23.6 Å². The third-order valence-electron chi connectivity index (χ3n) is 4.44. The molecule has 2 N–H and O–H groups in total. The number of benzene rings is 1. The average molecular weight is 351 g/mol. The zero-order chi connectivity index (χ0) is 17.8. The lowest BCUT2D eigenvalue weighted by Crippen LogP contribution is -2.28. The minimum absolute atomic E-state index is 0.0365. The van der Waals surface area contributed by atoms with E-state index in [1.54, 1.807) is 11.0 Å². The molecule has 0 aliphatic carbocycles. The molecule has 0 saturated carbocycles. The van der Waals surface area contributed by atoms with Gasteiger partial charge in [-0.1, -0.05) is 12.1 Å². The first-order valence-electron chi connectivity index (χ1n) is 8.75. The third-order valence-corrected chi connectivity index (χ3v) is 4.44. The molecule has 26 heavy (non-hydrogen) atoms. The van der Waals surface area contributed by atoms with Crippen molar-refractivity contribution in [1.29, 1.82) is 0 Å². The Morgan fingerprint density at radius 2 is 2.15 bits per heavy atom. The summed E-state index contributed by atoms with van der Waals surface area (Å²) < 4.78 is 3.72. The molecule has 0 bridgehead atoms. The summed E-state index contributed by atoms with van der Waals surface area (Å²) in [6.07, 6.45) is 4.26. The molecular weight excluding hydrogens is 330 g/mol. The summed E-state index contributed by atoms with van der Waals surface area (Å²) in [5, 5.41) is 14.9. The van der Waals surface area contributed by atoms with E-state index in [4.69, 9.17) is 0 Å². The molecule has 1 aliphatic heterocycles. The van der Waals surface area contributed by atoms with Crippen LogP contribution in [0.5, 0.6) is 0 Å². The molecule has 0 spiro atoms. The first kappa shape index (κ1) is 16.5. The van der Waals surface area contributed by atoms with Crippen molar-refractivity contribution < 1.29 is 4.79 Å². The van der Waals surface area contributed by atoms with Crippen LogP contribution in [0.4, 0.5) is 0 Å². The summed E-state index contributed by atoms with van der Waals surface area (Å²) in [5.41, 5.74) is 4.16. The zero-order valence-corrected chi connectivity index (χ0v) is 14.4. The first-order chi connectivity index (χ1) is 12.8. The fourth-order valence-corrected chi connectivity index (χ4v) is 3.01. The molecule has 0 atom stereocenters. The number of aryl methyl sites for hydroxylation is 1. The minimum atomic E-state index is 0.0365. The average Bonchev–Trinajstić information content (AvgIpc) is 3.34. The van der Waals surface area contributed by atoms with Crippen molar-refractivity contribution in [1.82, 2.24) is 35.2 Å². The van der Waals surface area contributed by atoms with Gasteiger partial charge in [0.25, 0.3) is 0 Å². The molecule has 3 heterocycles. The number of carbonyl (C=O) groups excluding carboxylic acids is 1. The van der Waals surface area contributed by atoms with E-state index in [1.807, 2.05) is 28.9 Å². The van der Waals surface area contributed by atoms with Crippen molar-refractivity contribution in [3.8, 4) is 5.69 Å². The van der Waals surface area contributed by atoms with Crippen LogP contribution < -0.4 is 10.6 Å². The number of rotatable bonds is 6. The summed E-state index contributed by atoms with van der Waals surface area (Å²) >= 11 is 0. The Hall–Kier alpha value is -3.00. The maximum absolute atomic E-state index is 12.1.